The number of hydrogen-bond acceptors (Lipinski definition) is 3. The molecule has 1 saturated heterocycles. The van der Waals surface area contributed by atoms with Gasteiger partial charge in [-0.1, -0.05) is 37.3 Å². The molecule has 0 aromatic heterocycles. The first kappa shape index (κ1) is 20.2. The van der Waals surface area contributed by atoms with Gasteiger partial charge in [-0.3, -0.25) is 4.79 Å². The molecular formula is C20H31N3O3. The average Bonchev–Trinajstić information content (AvgIpc) is 2.57. The van der Waals surface area contributed by atoms with Gasteiger partial charge >= 0.3 is 6.03 Å². The van der Waals surface area contributed by atoms with Crippen LogP contribution < -0.4 is 5.32 Å². The van der Waals surface area contributed by atoms with Gasteiger partial charge in [0.1, 0.15) is 0 Å². The highest BCUT2D eigenvalue weighted by Gasteiger charge is 2.50. The predicted molar refractivity (Wildman–Crippen MR) is 102 cm³/mol. The van der Waals surface area contributed by atoms with Gasteiger partial charge in [-0.05, 0) is 25.8 Å². The third-order valence-corrected chi connectivity index (χ3v) is 4.88. The number of urea groups is 1. The van der Waals surface area contributed by atoms with Crippen molar-refractivity contribution < 1.29 is 14.7 Å². The van der Waals surface area contributed by atoms with Crippen LogP contribution in [0, 0.1) is 0 Å². The number of likely N-dealkylation sites (tertiary alicyclic amines) is 1. The van der Waals surface area contributed by atoms with Gasteiger partial charge in [0, 0.05) is 32.0 Å². The number of amides is 3. The molecule has 0 aliphatic carbocycles. The molecule has 26 heavy (non-hydrogen) atoms. The Kier molecular flexibility index (Phi) is 7.03. The van der Waals surface area contributed by atoms with E-state index >= 15 is 0 Å². The molecule has 0 spiro atoms. The number of nitrogens with zero attached hydrogens (tertiary/aromatic N) is 2. The number of carbonyl (C=O) groups excluding carboxylic acids is 2. The van der Waals surface area contributed by atoms with Crippen molar-refractivity contribution in [1.82, 2.24) is 15.1 Å². The molecule has 1 aromatic carbocycles. The molecule has 3 atom stereocenters. The average molecular weight is 361 g/mol. The Morgan fingerprint density at radius 2 is 1.88 bits per heavy atom. The van der Waals surface area contributed by atoms with Crippen LogP contribution in [-0.2, 0) is 4.79 Å². The maximum absolute atomic E-state index is 12.6. The Balaban J connectivity index is 2.25. The van der Waals surface area contributed by atoms with E-state index in [4.69, 9.17) is 0 Å². The van der Waals surface area contributed by atoms with Crippen LogP contribution in [0.15, 0.2) is 30.3 Å². The monoisotopic (exact) mass is 361 g/mol. The van der Waals surface area contributed by atoms with Crippen LogP contribution in [0.1, 0.15) is 45.6 Å². The van der Waals surface area contributed by atoms with Gasteiger partial charge in [0.15, 0.2) is 0 Å². The Morgan fingerprint density at radius 1 is 1.23 bits per heavy atom. The largest absolute Gasteiger partial charge is 0.394 e. The summed E-state index contributed by atoms with van der Waals surface area (Å²) in [7, 11) is 0. The highest BCUT2D eigenvalue weighted by atomic mass is 16.3. The zero-order chi connectivity index (χ0) is 19.3. The van der Waals surface area contributed by atoms with E-state index in [1.807, 2.05) is 51.1 Å². The van der Waals surface area contributed by atoms with Crippen molar-refractivity contribution in [3.8, 4) is 0 Å². The summed E-state index contributed by atoms with van der Waals surface area (Å²) in [6.45, 7) is 8.43. The Bertz CT molecular complexity index is 606. The number of aliphatic hydroxyl groups is 1. The second kappa shape index (κ2) is 9.03. The van der Waals surface area contributed by atoms with Crippen molar-refractivity contribution in [2.24, 2.45) is 0 Å². The summed E-state index contributed by atoms with van der Waals surface area (Å²) in [6, 6.07) is 9.51. The lowest BCUT2D eigenvalue weighted by Gasteiger charge is -2.55. The molecule has 1 fully saturated rings. The van der Waals surface area contributed by atoms with Crippen LogP contribution in [0.3, 0.4) is 0 Å². The number of nitrogens with one attached hydrogen (secondary N) is 1. The predicted octanol–water partition coefficient (Wildman–Crippen LogP) is 2.19. The fourth-order valence-electron chi connectivity index (χ4n) is 3.85. The maximum Gasteiger partial charge on any atom is 0.317 e. The minimum Gasteiger partial charge on any atom is -0.394 e. The molecule has 1 heterocycles. The van der Waals surface area contributed by atoms with Gasteiger partial charge in [0.2, 0.25) is 5.91 Å². The van der Waals surface area contributed by atoms with E-state index in [0.29, 0.717) is 13.1 Å². The third-order valence-electron chi connectivity index (χ3n) is 4.88. The molecule has 144 valence electrons. The summed E-state index contributed by atoms with van der Waals surface area (Å²) < 4.78 is 0. The van der Waals surface area contributed by atoms with E-state index < -0.39 is 0 Å². The zero-order valence-corrected chi connectivity index (χ0v) is 16.2. The summed E-state index contributed by atoms with van der Waals surface area (Å²) in [5.74, 6) is -0.0433. The number of aliphatic hydroxyl groups excluding tert-OH is 1. The molecule has 0 saturated carbocycles. The minimum atomic E-state index is -0.239. The van der Waals surface area contributed by atoms with Crippen LogP contribution in [0.25, 0.3) is 0 Å². The highest BCUT2D eigenvalue weighted by Crippen LogP contribution is 2.41. The molecule has 1 aliphatic rings. The van der Waals surface area contributed by atoms with E-state index in [0.717, 1.165) is 12.0 Å². The van der Waals surface area contributed by atoms with E-state index in [9.17, 15) is 14.7 Å². The van der Waals surface area contributed by atoms with Crippen molar-refractivity contribution in [2.75, 3.05) is 19.7 Å². The van der Waals surface area contributed by atoms with Crippen LogP contribution in [0.4, 0.5) is 4.79 Å². The highest BCUT2D eigenvalue weighted by molar-refractivity contribution is 5.77. The van der Waals surface area contributed by atoms with E-state index in [1.54, 1.807) is 9.80 Å². The lowest BCUT2D eigenvalue weighted by Crippen LogP contribution is -2.68. The quantitative estimate of drug-likeness (QED) is 0.782. The topological polar surface area (TPSA) is 72.9 Å². The van der Waals surface area contributed by atoms with Gasteiger partial charge in [-0.2, -0.15) is 0 Å². The summed E-state index contributed by atoms with van der Waals surface area (Å²) in [5, 5.41) is 12.8. The second-order valence-electron chi connectivity index (χ2n) is 7.23. The molecule has 1 aromatic rings. The molecule has 0 bridgehead atoms. The van der Waals surface area contributed by atoms with E-state index in [-0.39, 0.29) is 42.6 Å². The van der Waals surface area contributed by atoms with Gasteiger partial charge in [-0.15, -0.1) is 0 Å². The summed E-state index contributed by atoms with van der Waals surface area (Å²) >= 11 is 0. The zero-order valence-electron chi connectivity index (χ0n) is 16.2. The van der Waals surface area contributed by atoms with Crippen molar-refractivity contribution in [3.05, 3.63) is 35.9 Å². The smallest absolute Gasteiger partial charge is 0.317 e. The first-order chi connectivity index (χ1) is 12.4. The number of carbonyl (C=O) groups is 2. The molecular weight excluding hydrogens is 330 g/mol. The first-order valence-electron chi connectivity index (χ1n) is 9.40. The SMILES string of the molecule is CCCN(C[C@@H]1[C@@H](c2ccccc2)[C@H](CO)N1C(C)=O)C(=O)NC(C)C. The first-order valence-corrected chi connectivity index (χ1v) is 9.40. The summed E-state index contributed by atoms with van der Waals surface area (Å²) in [6.07, 6.45) is 0.845. The Hall–Kier alpha value is -2.08. The summed E-state index contributed by atoms with van der Waals surface area (Å²) in [4.78, 5) is 28.2. The Labute approximate surface area is 156 Å². The van der Waals surface area contributed by atoms with E-state index in [1.165, 1.54) is 6.92 Å². The third kappa shape index (κ3) is 4.36. The van der Waals surface area contributed by atoms with Crippen molar-refractivity contribution in [3.63, 3.8) is 0 Å². The molecule has 6 nitrogen and oxygen atoms in total. The second-order valence-corrected chi connectivity index (χ2v) is 7.23. The molecule has 2 rings (SSSR count). The molecule has 0 radical (unpaired) electrons. The maximum atomic E-state index is 12.6. The molecule has 0 unspecified atom stereocenters. The normalized spacial score (nSPS) is 22.1. The van der Waals surface area contributed by atoms with Crippen LogP contribution in [0.2, 0.25) is 0 Å². The fourth-order valence-corrected chi connectivity index (χ4v) is 3.85. The van der Waals surface area contributed by atoms with Gasteiger partial charge in [0.05, 0.1) is 18.7 Å². The number of rotatable bonds is 7. The molecule has 2 N–H and O–H groups in total. The van der Waals surface area contributed by atoms with Gasteiger partial charge in [-0.25, -0.2) is 4.79 Å². The lowest BCUT2D eigenvalue weighted by atomic mass is 9.75. The van der Waals surface area contributed by atoms with E-state index in [2.05, 4.69) is 5.32 Å². The molecule has 6 heteroatoms. The number of hydrogen-bond donors (Lipinski definition) is 2. The Morgan fingerprint density at radius 3 is 2.38 bits per heavy atom. The van der Waals surface area contributed by atoms with Crippen LogP contribution in [-0.4, -0.2) is 64.7 Å². The fraction of sp³-hybridized carbons (Fsp3) is 0.600. The van der Waals surface area contributed by atoms with Gasteiger partial charge in [0.25, 0.3) is 0 Å². The number of benzene rings is 1. The lowest BCUT2D eigenvalue weighted by molar-refractivity contribution is -0.149. The van der Waals surface area contributed by atoms with Crippen molar-refractivity contribution in [1.29, 1.82) is 0 Å². The van der Waals surface area contributed by atoms with Crippen LogP contribution in [0.5, 0.6) is 0 Å². The standard InChI is InChI=1S/C20H31N3O3/c1-5-11-22(20(26)21-14(2)3)12-17-19(16-9-7-6-8-10-16)18(13-24)23(17)15(4)25/h6-10,14,17-19,24H,5,11-13H2,1-4H3,(H,21,26)/t17-,18+,19-/m1/s1. The molecule has 3 amide bonds. The minimum absolute atomic E-state index is 0.0244. The van der Waals surface area contributed by atoms with Crippen LogP contribution >= 0.6 is 0 Å². The molecule has 1 aliphatic heterocycles. The van der Waals surface area contributed by atoms with Gasteiger partial charge < -0.3 is 20.2 Å². The van der Waals surface area contributed by atoms with Crippen molar-refractivity contribution >= 4 is 11.9 Å². The summed E-state index contributed by atoms with van der Waals surface area (Å²) in [5.41, 5.74) is 1.09. The van der Waals surface area contributed by atoms with Crippen molar-refractivity contribution in [2.45, 2.75) is 58.2 Å².